The monoisotopic (exact) mass is 261 g/mol. The molecule has 0 saturated carbocycles. The Morgan fingerprint density at radius 3 is 2.37 bits per heavy atom. The van der Waals surface area contributed by atoms with Crippen LogP contribution in [-0.4, -0.2) is 20.0 Å². The largest absolute Gasteiger partial charge is 0.340 e. The molecule has 0 saturated heterocycles. The van der Waals surface area contributed by atoms with Crippen molar-refractivity contribution in [2.45, 2.75) is 13.8 Å². The van der Waals surface area contributed by atoms with Gasteiger partial charge in [0.2, 0.25) is 5.91 Å². The maximum Gasteiger partial charge on any atom is 0.340 e. The molecule has 0 aliphatic carbocycles. The van der Waals surface area contributed by atoms with E-state index in [0.29, 0.717) is 11.2 Å². The van der Waals surface area contributed by atoms with Crippen LogP contribution in [0.15, 0.2) is 29.6 Å². The van der Waals surface area contributed by atoms with Crippen molar-refractivity contribution < 1.29 is 9.72 Å². The summed E-state index contributed by atoms with van der Waals surface area (Å²) in [5.74, 6) is -0.504. The highest BCUT2D eigenvalue weighted by Gasteiger charge is 2.19. The fraction of sp³-hybridized carbons (Fsp3) is 0.167. The number of benzene rings is 1. The van der Waals surface area contributed by atoms with Gasteiger partial charge in [-0.05, 0) is 13.0 Å². The van der Waals surface area contributed by atoms with Crippen LogP contribution in [0.1, 0.15) is 18.6 Å². The molecule has 0 fully saturated rings. The van der Waals surface area contributed by atoms with Crippen molar-refractivity contribution >= 4 is 28.3 Å². The second-order valence-electron chi connectivity index (χ2n) is 4.14. The smallest absolute Gasteiger partial charge is 0.274 e. The number of nitro benzene ring substituents is 1. The molecule has 1 heterocycles. The Labute approximate surface area is 107 Å². The summed E-state index contributed by atoms with van der Waals surface area (Å²) in [5.41, 5.74) is 0.300. The van der Waals surface area contributed by atoms with E-state index in [-0.39, 0.29) is 11.2 Å². The first kappa shape index (κ1) is 12.7. The van der Waals surface area contributed by atoms with Crippen molar-refractivity contribution in [2.75, 3.05) is 0 Å². The number of imidazole rings is 1. The number of aromatic nitrogens is 2. The van der Waals surface area contributed by atoms with Crippen molar-refractivity contribution in [1.82, 2.24) is 9.13 Å². The minimum Gasteiger partial charge on any atom is -0.274 e. The van der Waals surface area contributed by atoms with Gasteiger partial charge in [0.05, 0.1) is 16.0 Å². The highest BCUT2D eigenvalue weighted by atomic mass is 16.6. The number of allylic oxidation sites excluding steroid dienone is 1. The third kappa shape index (κ3) is 1.85. The molecule has 1 aromatic carbocycles. The number of carbonyl (C=O) groups excluding carboxylic acids is 1. The number of non-ortho nitro benzene ring substituents is 1. The van der Waals surface area contributed by atoms with Crippen LogP contribution >= 0.6 is 0 Å². The van der Waals surface area contributed by atoms with Crippen molar-refractivity contribution in [3.8, 4) is 0 Å². The summed E-state index contributed by atoms with van der Waals surface area (Å²) < 4.78 is 2.15. The SMILES string of the molecule is C=C(C)n1c(=O)n(C(C)=O)c2cc([N+](=O)[O-])ccc21. The zero-order chi connectivity index (χ0) is 14.3. The summed E-state index contributed by atoms with van der Waals surface area (Å²) in [5, 5.41) is 10.8. The maximum atomic E-state index is 12.1. The summed E-state index contributed by atoms with van der Waals surface area (Å²) in [6, 6.07) is 3.92. The average Bonchev–Trinajstić information content (AvgIpc) is 2.59. The lowest BCUT2D eigenvalue weighted by atomic mass is 10.2. The van der Waals surface area contributed by atoms with Gasteiger partial charge in [0.1, 0.15) is 0 Å². The third-order valence-electron chi connectivity index (χ3n) is 2.73. The van der Waals surface area contributed by atoms with Gasteiger partial charge in [-0.1, -0.05) is 6.58 Å². The number of rotatable bonds is 2. The molecule has 0 radical (unpaired) electrons. The molecule has 0 atom stereocenters. The Hall–Kier alpha value is -2.70. The van der Waals surface area contributed by atoms with E-state index < -0.39 is 16.5 Å². The maximum absolute atomic E-state index is 12.1. The van der Waals surface area contributed by atoms with Gasteiger partial charge in [0, 0.05) is 24.8 Å². The summed E-state index contributed by atoms with van der Waals surface area (Å²) in [7, 11) is 0. The van der Waals surface area contributed by atoms with Crippen molar-refractivity contribution in [3.63, 3.8) is 0 Å². The first-order valence-electron chi connectivity index (χ1n) is 5.43. The Bertz CT molecular complexity index is 782. The lowest BCUT2D eigenvalue weighted by Crippen LogP contribution is -2.26. The number of hydrogen-bond donors (Lipinski definition) is 0. The Balaban J connectivity index is 2.99. The molecule has 0 unspecified atom stereocenters. The normalized spacial score (nSPS) is 10.6. The molecule has 2 aromatic rings. The lowest BCUT2D eigenvalue weighted by Gasteiger charge is -1.99. The van der Waals surface area contributed by atoms with E-state index >= 15 is 0 Å². The topological polar surface area (TPSA) is 87.1 Å². The van der Waals surface area contributed by atoms with Gasteiger partial charge >= 0.3 is 5.69 Å². The van der Waals surface area contributed by atoms with Crippen molar-refractivity contribution in [3.05, 3.63) is 45.4 Å². The van der Waals surface area contributed by atoms with Crippen LogP contribution in [0.3, 0.4) is 0 Å². The predicted molar refractivity (Wildman–Crippen MR) is 70.2 cm³/mol. The van der Waals surface area contributed by atoms with Crippen LogP contribution < -0.4 is 5.69 Å². The van der Waals surface area contributed by atoms with Gasteiger partial charge in [-0.15, -0.1) is 0 Å². The molecule has 0 amide bonds. The van der Waals surface area contributed by atoms with Gasteiger partial charge in [-0.25, -0.2) is 9.36 Å². The second-order valence-corrected chi connectivity index (χ2v) is 4.14. The summed E-state index contributed by atoms with van der Waals surface area (Å²) in [4.78, 5) is 33.9. The molecule has 0 spiro atoms. The molecule has 1 aromatic heterocycles. The Kier molecular flexibility index (Phi) is 2.82. The van der Waals surface area contributed by atoms with Gasteiger partial charge in [-0.2, -0.15) is 0 Å². The number of nitro groups is 1. The molecule has 7 heteroatoms. The molecule has 0 aliphatic heterocycles. The Morgan fingerprint density at radius 1 is 1.26 bits per heavy atom. The third-order valence-corrected chi connectivity index (χ3v) is 2.73. The fourth-order valence-corrected chi connectivity index (χ4v) is 1.97. The molecular formula is C12H11N3O4. The summed E-state index contributed by atoms with van der Waals surface area (Å²) >= 11 is 0. The number of hydrogen-bond acceptors (Lipinski definition) is 4. The quantitative estimate of drug-likeness (QED) is 0.609. The van der Waals surface area contributed by atoms with E-state index in [0.717, 1.165) is 4.57 Å². The summed E-state index contributed by atoms with van der Waals surface area (Å²) in [6.45, 7) is 6.51. The van der Waals surface area contributed by atoms with Gasteiger partial charge in [-0.3, -0.25) is 19.5 Å². The van der Waals surface area contributed by atoms with E-state index in [2.05, 4.69) is 6.58 Å². The minimum absolute atomic E-state index is 0.179. The first-order chi connectivity index (χ1) is 8.84. The van der Waals surface area contributed by atoms with Crippen LogP contribution in [0, 0.1) is 10.1 Å². The lowest BCUT2D eigenvalue weighted by molar-refractivity contribution is -0.384. The van der Waals surface area contributed by atoms with E-state index in [4.69, 9.17) is 0 Å². The molecule has 7 nitrogen and oxygen atoms in total. The predicted octanol–water partition coefficient (Wildman–Crippen LogP) is 1.86. The first-order valence-corrected chi connectivity index (χ1v) is 5.43. The number of nitrogens with zero attached hydrogens (tertiary/aromatic N) is 3. The van der Waals surface area contributed by atoms with E-state index in [9.17, 15) is 19.7 Å². The molecule has 98 valence electrons. The zero-order valence-corrected chi connectivity index (χ0v) is 10.4. The molecule has 0 N–H and O–H groups in total. The van der Waals surface area contributed by atoms with Crippen LogP contribution in [0.5, 0.6) is 0 Å². The van der Waals surface area contributed by atoms with E-state index in [1.165, 1.54) is 29.7 Å². The highest BCUT2D eigenvalue weighted by Crippen LogP contribution is 2.21. The molecule has 2 rings (SSSR count). The van der Waals surface area contributed by atoms with Crippen LogP contribution in [0.2, 0.25) is 0 Å². The molecule has 19 heavy (non-hydrogen) atoms. The van der Waals surface area contributed by atoms with Gasteiger partial charge < -0.3 is 0 Å². The Morgan fingerprint density at radius 2 is 1.89 bits per heavy atom. The van der Waals surface area contributed by atoms with Crippen molar-refractivity contribution in [2.24, 2.45) is 0 Å². The number of fused-ring (bicyclic) bond motifs is 1. The number of carbonyl (C=O) groups is 1. The van der Waals surface area contributed by atoms with Crippen LogP contribution in [0.4, 0.5) is 5.69 Å². The van der Waals surface area contributed by atoms with Gasteiger partial charge in [0.25, 0.3) is 5.69 Å². The zero-order valence-electron chi connectivity index (χ0n) is 10.4. The highest BCUT2D eigenvalue weighted by molar-refractivity contribution is 5.91. The fourth-order valence-electron chi connectivity index (χ4n) is 1.97. The average molecular weight is 261 g/mol. The second kappa shape index (κ2) is 4.20. The summed E-state index contributed by atoms with van der Waals surface area (Å²) in [6.07, 6.45) is 0. The minimum atomic E-state index is -0.577. The van der Waals surface area contributed by atoms with Crippen LogP contribution in [-0.2, 0) is 0 Å². The molecule has 0 bridgehead atoms. The van der Waals surface area contributed by atoms with E-state index in [1.54, 1.807) is 6.92 Å². The van der Waals surface area contributed by atoms with E-state index in [1.807, 2.05) is 0 Å². The van der Waals surface area contributed by atoms with Crippen molar-refractivity contribution in [1.29, 1.82) is 0 Å². The van der Waals surface area contributed by atoms with Gasteiger partial charge in [0.15, 0.2) is 0 Å². The standard InChI is InChI=1S/C12H11N3O4/c1-7(2)13-10-5-4-9(15(18)19)6-11(10)14(8(3)16)12(13)17/h4-6H,1H2,2-3H3. The molecular weight excluding hydrogens is 250 g/mol. The molecule has 0 aliphatic rings. The van der Waals surface area contributed by atoms with Crippen LogP contribution in [0.25, 0.3) is 16.7 Å².